The highest BCUT2D eigenvalue weighted by Gasteiger charge is 2.20. The molecule has 2 N–H and O–H groups in total. The molecule has 1 aromatic carbocycles. The Balaban J connectivity index is 1.92. The summed E-state index contributed by atoms with van der Waals surface area (Å²) >= 11 is 0. The van der Waals surface area contributed by atoms with Crippen LogP contribution in [0.3, 0.4) is 0 Å². The topological polar surface area (TPSA) is 31.1 Å². The number of aryl methyl sites for hydroxylation is 2. The maximum absolute atomic E-state index is 3.50. The number of aromatic nitrogens is 1. The van der Waals surface area contributed by atoms with Crippen molar-refractivity contribution >= 4 is 10.9 Å². The summed E-state index contributed by atoms with van der Waals surface area (Å²) in [7, 11) is 2.23. The number of benzene rings is 1. The Labute approximate surface area is 115 Å². The quantitative estimate of drug-likeness (QED) is 0.864. The molecule has 0 spiro atoms. The number of hydrogen-bond acceptors (Lipinski definition) is 2. The molecular weight excluding hydrogens is 234 g/mol. The molecule has 0 bridgehead atoms. The summed E-state index contributed by atoms with van der Waals surface area (Å²) in [5.74, 6) is 0. The normalized spacial score (nSPS) is 21.1. The van der Waals surface area contributed by atoms with E-state index in [1.54, 1.807) is 0 Å². The third kappa shape index (κ3) is 2.40. The predicted molar refractivity (Wildman–Crippen MR) is 80.8 cm³/mol. The molecular formula is C16H23N3. The molecule has 1 aliphatic heterocycles. The van der Waals surface area contributed by atoms with Crippen LogP contribution < -0.4 is 5.32 Å². The highest BCUT2D eigenvalue weighted by atomic mass is 15.2. The first-order valence-corrected chi connectivity index (χ1v) is 7.13. The van der Waals surface area contributed by atoms with Crippen molar-refractivity contribution in [1.82, 2.24) is 15.2 Å². The fourth-order valence-electron chi connectivity index (χ4n) is 3.16. The van der Waals surface area contributed by atoms with Gasteiger partial charge < -0.3 is 15.2 Å². The van der Waals surface area contributed by atoms with Crippen LogP contribution in [0.2, 0.25) is 0 Å². The molecule has 19 heavy (non-hydrogen) atoms. The zero-order valence-corrected chi connectivity index (χ0v) is 12.1. The van der Waals surface area contributed by atoms with Crippen molar-refractivity contribution < 1.29 is 0 Å². The number of fused-ring (bicyclic) bond motifs is 1. The average Bonchev–Trinajstić information content (AvgIpc) is 2.76. The van der Waals surface area contributed by atoms with Gasteiger partial charge in [0.25, 0.3) is 0 Å². The van der Waals surface area contributed by atoms with E-state index in [1.807, 2.05) is 0 Å². The molecule has 1 aliphatic rings. The molecule has 1 fully saturated rings. The van der Waals surface area contributed by atoms with Gasteiger partial charge in [-0.3, -0.25) is 0 Å². The van der Waals surface area contributed by atoms with E-state index >= 15 is 0 Å². The monoisotopic (exact) mass is 257 g/mol. The Morgan fingerprint density at radius 1 is 1.32 bits per heavy atom. The Hall–Kier alpha value is -1.32. The molecule has 1 saturated heterocycles. The Bertz CT molecular complexity index is 585. The molecule has 1 atom stereocenters. The fraction of sp³-hybridized carbons (Fsp3) is 0.500. The molecule has 3 rings (SSSR count). The fourth-order valence-corrected chi connectivity index (χ4v) is 3.16. The number of H-pyrrole nitrogens is 1. The number of piperazine rings is 1. The molecule has 2 aromatic rings. The molecule has 2 heterocycles. The van der Waals surface area contributed by atoms with E-state index in [0.29, 0.717) is 6.04 Å². The van der Waals surface area contributed by atoms with Gasteiger partial charge >= 0.3 is 0 Å². The molecule has 3 heteroatoms. The first kappa shape index (κ1) is 12.7. The van der Waals surface area contributed by atoms with Crippen molar-refractivity contribution in [3.05, 3.63) is 35.0 Å². The summed E-state index contributed by atoms with van der Waals surface area (Å²) in [5.41, 5.74) is 5.44. The highest BCUT2D eigenvalue weighted by Crippen LogP contribution is 2.25. The number of hydrogen-bond donors (Lipinski definition) is 2. The van der Waals surface area contributed by atoms with Crippen molar-refractivity contribution in [1.29, 1.82) is 0 Å². The lowest BCUT2D eigenvalue weighted by Crippen LogP contribution is -2.50. The zero-order chi connectivity index (χ0) is 13.4. The van der Waals surface area contributed by atoms with Crippen molar-refractivity contribution in [2.24, 2.45) is 0 Å². The first-order valence-electron chi connectivity index (χ1n) is 7.13. The minimum Gasteiger partial charge on any atom is -0.361 e. The average molecular weight is 257 g/mol. The Morgan fingerprint density at radius 3 is 2.95 bits per heavy atom. The highest BCUT2D eigenvalue weighted by molar-refractivity contribution is 5.86. The van der Waals surface area contributed by atoms with E-state index in [1.165, 1.54) is 27.6 Å². The second-order valence-electron chi connectivity index (χ2n) is 5.86. The summed E-state index contributed by atoms with van der Waals surface area (Å²) < 4.78 is 0. The molecule has 3 nitrogen and oxygen atoms in total. The maximum Gasteiger partial charge on any atom is 0.0486 e. The summed E-state index contributed by atoms with van der Waals surface area (Å²) in [5, 5.41) is 4.90. The van der Waals surface area contributed by atoms with Crippen molar-refractivity contribution in [3.8, 4) is 0 Å². The largest absolute Gasteiger partial charge is 0.361 e. The Morgan fingerprint density at radius 2 is 2.16 bits per heavy atom. The molecule has 0 saturated carbocycles. The molecule has 0 radical (unpaired) electrons. The van der Waals surface area contributed by atoms with E-state index in [4.69, 9.17) is 0 Å². The van der Waals surface area contributed by atoms with Gasteiger partial charge in [-0.05, 0) is 44.5 Å². The second kappa shape index (κ2) is 4.99. The van der Waals surface area contributed by atoms with Crippen LogP contribution in [0.15, 0.2) is 18.3 Å². The van der Waals surface area contributed by atoms with Gasteiger partial charge in [-0.15, -0.1) is 0 Å². The second-order valence-corrected chi connectivity index (χ2v) is 5.86. The number of aromatic amines is 1. The van der Waals surface area contributed by atoms with E-state index in [2.05, 4.69) is 54.4 Å². The smallest absolute Gasteiger partial charge is 0.0486 e. The molecule has 0 amide bonds. The van der Waals surface area contributed by atoms with Gasteiger partial charge in [-0.2, -0.15) is 0 Å². The molecule has 0 aliphatic carbocycles. The standard InChI is InChI=1S/C16H23N3/c1-11-6-12(2)16-15(7-11)13(9-18-16)8-14-10-17-4-5-19(14)3/h6-7,9,14,17-18H,4-5,8,10H2,1-3H3. The minimum atomic E-state index is 0.605. The van der Waals surface area contributed by atoms with Gasteiger partial charge in [-0.1, -0.05) is 11.6 Å². The predicted octanol–water partition coefficient (Wildman–Crippen LogP) is 2.23. The van der Waals surface area contributed by atoms with Crippen molar-refractivity contribution in [2.45, 2.75) is 26.3 Å². The van der Waals surface area contributed by atoms with Crippen molar-refractivity contribution in [2.75, 3.05) is 26.7 Å². The van der Waals surface area contributed by atoms with Crippen LogP contribution >= 0.6 is 0 Å². The number of nitrogens with zero attached hydrogens (tertiary/aromatic N) is 1. The van der Waals surface area contributed by atoms with E-state index in [-0.39, 0.29) is 0 Å². The first-order chi connectivity index (χ1) is 9.15. The lowest BCUT2D eigenvalue weighted by atomic mass is 10.00. The molecule has 1 aromatic heterocycles. The molecule has 102 valence electrons. The van der Waals surface area contributed by atoms with Crippen LogP contribution in [-0.2, 0) is 6.42 Å². The van der Waals surface area contributed by atoms with Gasteiger partial charge in [0.2, 0.25) is 0 Å². The summed E-state index contributed by atoms with van der Waals surface area (Å²) in [4.78, 5) is 5.92. The summed E-state index contributed by atoms with van der Waals surface area (Å²) in [6, 6.07) is 5.16. The van der Waals surface area contributed by atoms with Crippen LogP contribution in [0, 0.1) is 13.8 Å². The maximum atomic E-state index is 3.50. The minimum absolute atomic E-state index is 0.605. The van der Waals surface area contributed by atoms with E-state index < -0.39 is 0 Å². The van der Waals surface area contributed by atoms with Gasteiger partial charge in [-0.25, -0.2) is 0 Å². The lowest BCUT2D eigenvalue weighted by molar-refractivity contribution is 0.199. The van der Waals surface area contributed by atoms with Crippen LogP contribution in [0.4, 0.5) is 0 Å². The van der Waals surface area contributed by atoms with Gasteiger partial charge in [0.1, 0.15) is 0 Å². The van der Waals surface area contributed by atoms with E-state index in [9.17, 15) is 0 Å². The number of likely N-dealkylation sites (N-methyl/N-ethyl adjacent to an activating group) is 1. The molecule has 1 unspecified atom stereocenters. The van der Waals surface area contributed by atoms with Crippen LogP contribution in [0.1, 0.15) is 16.7 Å². The van der Waals surface area contributed by atoms with Gasteiger partial charge in [0, 0.05) is 42.8 Å². The summed E-state index contributed by atoms with van der Waals surface area (Å²) in [6.07, 6.45) is 3.31. The SMILES string of the molecule is Cc1cc(C)c2[nH]cc(CC3CNCCN3C)c2c1. The van der Waals surface area contributed by atoms with Gasteiger partial charge in [0.15, 0.2) is 0 Å². The van der Waals surface area contributed by atoms with Crippen LogP contribution in [0.25, 0.3) is 10.9 Å². The van der Waals surface area contributed by atoms with Gasteiger partial charge in [0.05, 0.1) is 0 Å². The number of nitrogens with one attached hydrogen (secondary N) is 2. The van der Waals surface area contributed by atoms with Crippen LogP contribution in [0.5, 0.6) is 0 Å². The third-order valence-corrected chi connectivity index (χ3v) is 4.32. The zero-order valence-electron chi connectivity index (χ0n) is 12.1. The summed E-state index contributed by atoms with van der Waals surface area (Å²) in [6.45, 7) is 7.71. The number of rotatable bonds is 2. The third-order valence-electron chi connectivity index (χ3n) is 4.32. The Kier molecular flexibility index (Phi) is 3.33. The van der Waals surface area contributed by atoms with Crippen LogP contribution in [-0.4, -0.2) is 42.6 Å². The van der Waals surface area contributed by atoms with Crippen molar-refractivity contribution in [3.63, 3.8) is 0 Å². The van der Waals surface area contributed by atoms with E-state index in [0.717, 1.165) is 26.1 Å². The lowest BCUT2D eigenvalue weighted by Gasteiger charge is -2.33.